The van der Waals surface area contributed by atoms with Gasteiger partial charge >= 0.3 is 12.1 Å². The van der Waals surface area contributed by atoms with Gasteiger partial charge in [-0.2, -0.15) is 0 Å². The monoisotopic (exact) mass is 373 g/mol. The number of nitrogens with zero attached hydrogens (tertiary/aromatic N) is 1. The summed E-state index contributed by atoms with van der Waals surface area (Å²) in [5.41, 5.74) is -0.497. The van der Waals surface area contributed by atoms with Gasteiger partial charge in [-0.1, -0.05) is 20.8 Å². The van der Waals surface area contributed by atoms with Crippen molar-refractivity contribution in [2.75, 3.05) is 19.7 Å². The van der Waals surface area contributed by atoms with Crippen LogP contribution in [0.2, 0.25) is 17.6 Å². The van der Waals surface area contributed by atoms with Crippen molar-refractivity contribution in [1.82, 2.24) is 4.90 Å². The largest absolute Gasteiger partial charge is 0.480 e. The van der Waals surface area contributed by atoms with Crippen molar-refractivity contribution in [3.8, 4) is 0 Å². The second-order valence-electron chi connectivity index (χ2n) is 9.30. The lowest BCUT2D eigenvalue weighted by Gasteiger charge is -2.43. The van der Waals surface area contributed by atoms with E-state index in [0.717, 1.165) is 25.4 Å². The van der Waals surface area contributed by atoms with Crippen molar-refractivity contribution >= 4 is 20.4 Å². The Morgan fingerprint density at radius 2 is 1.80 bits per heavy atom. The maximum atomic E-state index is 12.3. The maximum Gasteiger partial charge on any atom is 0.410 e. The van der Waals surface area contributed by atoms with Crippen molar-refractivity contribution in [1.29, 1.82) is 0 Å². The number of ether oxygens (including phenoxy) is 1. The molecule has 1 heterocycles. The molecule has 1 N–H and O–H groups in total. The van der Waals surface area contributed by atoms with E-state index in [0.29, 0.717) is 12.5 Å². The van der Waals surface area contributed by atoms with E-state index in [1.54, 1.807) is 4.90 Å². The van der Waals surface area contributed by atoms with Crippen LogP contribution in [0, 0.1) is 5.92 Å². The Bertz CT molecular complexity index is 483. The highest BCUT2D eigenvalue weighted by Gasteiger charge is 2.45. The molecule has 1 amide bonds. The fourth-order valence-electron chi connectivity index (χ4n) is 3.08. The third kappa shape index (κ3) is 6.97. The molecule has 1 fully saturated rings. The van der Waals surface area contributed by atoms with Crippen LogP contribution >= 0.6 is 0 Å². The average Bonchev–Trinajstić information content (AvgIpc) is 2.42. The zero-order valence-corrected chi connectivity index (χ0v) is 17.8. The molecule has 0 spiro atoms. The van der Waals surface area contributed by atoms with E-state index in [-0.39, 0.29) is 17.7 Å². The molecule has 0 aliphatic carbocycles. The first-order valence-corrected chi connectivity index (χ1v) is 11.7. The van der Waals surface area contributed by atoms with Gasteiger partial charge in [0.2, 0.25) is 0 Å². The quantitative estimate of drug-likeness (QED) is 0.734. The predicted octanol–water partition coefficient (Wildman–Crippen LogP) is 4.11. The zero-order chi connectivity index (χ0) is 19.5. The first kappa shape index (κ1) is 22.0. The van der Waals surface area contributed by atoms with Crippen LogP contribution < -0.4 is 0 Å². The number of hydrogen-bond acceptors (Lipinski definition) is 4. The van der Waals surface area contributed by atoms with Crippen LogP contribution in [0.5, 0.6) is 0 Å². The lowest BCUT2D eigenvalue weighted by molar-refractivity contribution is -0.139. The highest BCUT2D eigenvalue weighted by molar-refractivity contribution is 6.75. The van der Waals surface area contributed by atoms with Crippen molar-refractivity contribution in [3.05, 3.63) is 0 Å². The molecule has 25 heavy (non-hydrogen) atoms. The summed E-state index contributed by atoms with van der Waals surface area (Å²) in [7, 11) is -2.27. The molecule has 0 saturated carbocycles. The highest BCUT2D eigenvalue weighted by atomic mass is 28.4. The summed E-state index contributed by atoms with van der Waals surface area (Å²) >= 11 is 0. The molecule has 7 heteroatoms. The summed E-state index contributed by atoms with van der Waals surface area (Å²) in [6.07, 6.45) is 1.72. The van der Waals surface area contributed by atoms with Gasteiger partial charge in [0.15, 0.2) is 8.32 Å². The smallest absolute Gasteiger partial charge is 0.410 e. The minimum atomic E-state index is -2.27. The van der Waals surface area contributed by atoms with E-state index < -0.39 is 19.9 Å². The summed E-state index contributed by atoms with van der Waals surface area (Å²) in [5.74, 6) is -0.604. The number of rotatable bonds is 5. The minimum absolute atomic E-state index is 0.0728. The van der Waals surface area contributed by atoms with Crippen molar-refractivity contribution in [2.24, 2.45) is 5.92 Å². The molecular weight excluding hydrogens is 338 g/mol. The van der Waals surface area contributed by atoms with Gasteiger partial charge in [-0.05, 0) is 57.2 Å². The number of hydrogen-bond donors (Lipinski definition) is 1. The van der Waals surface area contributed by atoms with Crippen LogP contribution in [0.3, 0.4) is 0 Å². The minimum Gasteiger partial charge on any atom is -0.480 e. The van der Waals surface area contributed by atoms with Gasteiger partial charge in [-0.3, -0.25) is 0 Å². The van der Waals surface area contributed by atoms with Crippen molar-refractivity contribution in [2.45, 2.75) is 77.6 Å². The highest BCUT2D eigenvalue weighted by Crippen LogP contribution is 2.42. The van der Waals surface area contributed by atoms with E-state index in [1.807, 2.05) is 20.8 Å². The van der Waals surface area contributed by atoms with Gasteiger partial charge in [0.1, 0.15) is 12.2 Å². The Kier molecular flexibility index (Phi) is 7.09. The van der Waals surface area contributed by atoms with Gasteiger partial charge in [0.05, 0.1) is 0 Å². The number of carbonyl (C=O) groups excluding carboxylic acids is 1. The summed E-state index contributed by atoms with van der Waals surface area (Å²) in [6.45, 7) is 15.2. The molecule has 0 bridgehead atoms. The fourth-order valence-corrected chi connectivity index (χ4v) is 6.12. The molecule has 1 saturated heterocycles. The third-order valence-electron chi connectivity index (χ3n) is 4.95. The lowest BCUT2D eigenvalue weighted by atomic mass is 10.0. The molecule has 1 rings (SSSR count). The SMILES string of the molecule is CC(C)(C)OC(=O)N1CCC[C@@H](C[Si](C)(OCC(=O)O)C(C)(C)C)C1. The summed E-state index contributed by atoms with van der Waals surface area (Å²) in [4.78, 5) is 25.1. The third-order valence-corrected chi connectivity index (χ3v) is 10.3. The maximum absolute atomic E-state index is 12.3. The van der Waals surface area contributed by atoms with Gasteiger partial charge in [-0.15, -0.1) is 0 Å². The number of amides is 1. The Morgan fingerprint density at radius 1 is 1.20 bits per heavy atom. The summed E-state index contributed by atoms with van der Waals surface area (Å²) in [6, 6.07) is 0.850. The molecule has 0 aromatic carbocycles. The summed E-state index contributed by atoms with van der Waals surface area (Å²) in [5, 5.41) is 8.93. The zero-order valence-electron chi connectivity index (χ0n) is 16.8. The number of carboxylic acids is 1. The number of carbonyl (C=O) groups is 2. The van der Waals surface area contributed by atoms with Gasteiger partial charge in [0, 0.05) is 13.1 Å². The Morgan fingerprint density at radius 3 is 2.28 bits per heavy atom. The summed E-state index contributed by atoms with van der Waals surface area (Å²) < 4.78 is 11.4. The van der Waals surface area contributed by atoms with Gasteiger partial charge in [0.25, 0.3) is 0 Å². The molecule has 146 valence electrons. The molecule has 0 aromatic rings. The van der Waals surface area contributed by atoms with Gasteiger partial charge < -0.3 is 19.2 Å². The lowest BCUT2D eigenvalue weighted by Crippen LogP contribution is -2.50. The number of piperidine rings is 1. The molecule has 1 aliphatic heterocycles. The van der Waals surface area contributed by atoms with Crippen LogP contribution in [0.25, 0.3) is 0 Å². The molecule has 0 radical (unpaired) electrons. The van der Waals surface area contributed by atoms with E-state index in [1.165, 1.54) is 0 Å². The number of aliphatic carboxylic acids is 1. The van der Waals surface area contributed by atoms with E-state index >= 15 is 0 Å². The second-order valence-corrected chi connectivity index (χ2v) is 14.0. The van der Waals surface area contributed by atoms with E-state index in [9.17, 15) is 9.59 Å². The van der Waals surface area contributed by atoms with Crippen LogP contribution in [0.15, 0.2) is 0 Å². The fraction of sp³-hybridized carbons (Fsp3) is 0.889. The number of carboxylic acid groups (broad SMARTS) is 1. The molecule has 2 atom stereocenters. The van der Waals surface area contributed by atoms with Crippen LogP contribution in [0.4, 0.5) is 4.79 Å². The van der Waals surface area contributed by atoms with E-state index in [2.05, 4.69) is 27.3 Å². The number of likely N-dealkylation sites (tertiary alicyclic amines) is 1. The first-order chi connectivity index (χ1) is 11.2. The molecule has 6 nitrogen and oxygen atoms in total. The molecule has 1 unspecified atom stereocenters. The standard InChI is InChI=1S/C18H35NO5Si/c1-17(2,3)24-16(22)19-10-8-9-14(11-19)13-25(7,18(4,5)6)23-12-15(20)21/h14H,8-13H2,1-7H3,(H,20,21)/t14-,25?/m1/s1. The normalized spacial score (nSPS) is 21.6. The average molecular weight is 374 g/mol. The van der Waals surface area contributed by atoms with Crippen LogP contribution in [-0.2, 0) is 14.0 Å². The molecule has 0 aromatic heterocycles. The Hall–Kier alpha value is -1.08. The molecular formula is C18H35NO5Si. The molecule has 1 aliphatic rings. The topological polar surface area (TPSA) is 76.1 Å². The first-order valence-electron chi connectivity index (χ1n) is 9.07. The van der Waals surface area contributed by atoms with Crippen molar-refractivity contribution in [3.63, 3.8) is 0 Å². The van der Waals surface area contributed by atoms with E-state index in [4.69, 9.17) is 14.3 Å². The van der Waals surface area contributed by atoms with Crippen molar-refractivity contribution < 1.29 is 23.9 Å². The van der Waals surface area contributed by atoms with Gasteiger partial charge in [-0.25, -0.2) is 9.59 Å². The second kappa shape index (κ2) is 8.08. The van der Waals surface area contributed by atoms with Crippen LogP contribution in [0.1, 0.15) is 54.4 Å². The Balaban J connectivity index is 2.77. The Labute approximate surface area is 153 Å². The predicted molar refractivity (Wildman–Crippen MR) is 100 cm³/mol. The van der Waals surface area contributed by atoms with Crippen LogP contribution in [-0.4, -0.2) is 55.7 Å².